The molecule has 52 valence electrons. The van der Waals surface area contributed by atoms with Crippen molar-refractivity contribution in [2.24, 2.45) is 0 Å². The summed E-state index contributed by atoms with van der Waals surface area (Å²) in [6, 6.07) is 2.84. The lowest BCUT2D eigenvalue weighted by Gasteiger charge is -1.93. The van der Waals surface area contributed by atoms with Crippen LogP contribution in [0, 0.1) is 0 Å². The minimum atomic E-state index is 0.0330. The molecule has 1 aromatic rings. The molecule has 1 N–H and O–H groups in total. The van der Waals surface area contributed by atoms with Crippen LogP contribution in [0.1, 0.15) is 10.5 Å². The first-order chi connectivity index (χ1) is 4.74. The Morgan fingerprint density at radius 2 is 2.30 bits per heavy atom. The maximum Gasteiger partial charge on any atom is 0.168 e. The van der Waals surface area contributed by atoms with E-state index >= 15 is 0 Å². The summed E-state index contributed by atoms with van der Waals surface area (Å²) in [6.07, 6.45) is 0.615. The number of hydrogen-bond acceptors (Lipinski definition) is 3. The largest absolute Gasteiger partial charge is 0.505 e. The molecule has 0 amide bonds. The minimum absolute atomic E-state index is 0.0330. The number of rotatable bonds is 1. The highest BCUT2D eigenvalue weighted by atomic mass is 79.9. The molecule has 1 rings (SSSR count). The van der Waals surface area contributed by atoms with Crippen LogP contribution in [0.3, 0.4) is 0 Å². The van der Waals surface area contributed by atoms with Gasteiger partial charge in [-0.2, -0.15) is 0 Å². The van der Waals surface area contributed by atoms with Crippen LogP contribution in [0.15, 0.2) is 16.7 Å². The number of hydrogen-bond donors (Lipinski definition) is 1. The van der Waals surface area contributed by atoms with E-state index in [0.29, 0.717) is 12.0 Å². The van der Waals surface area contributed by atoms with Crippen LogP contribution in [-0.4, -0.2) is 16.4 Å². The molecule has 3 nitrogen and oxygen atoms in total. The number of nitrogens with zero attached hydrogens (tertiary/aromatic N) is 1. The van der Waals surface area contributed by atoms with E-state index in [-0.39, 0.29) is 10.4 Å². The third-order valence-electron chi connectivity index (χ3n) is 0.971. The van der Waals surface area contributed by atoms with Crippen molar-refractivity contribution in [3.8, 4) is 5.75 Å². The topological polar surface area (TPSA) is 50.2 Å². The lowest BCUT2D eigenvalue weighted by atomic mass is 10.4. The van der Waals surface area contributed by atoms with Crippen molar-refractivity contribution in [1.29, 1.82) is 0 Å². The summed E-state index contributed by atoms with van der Waals surface area (Å²) in [5.74, 6) is 0.0330. The second-order valence-electron chi connectivity index (χ2n) is 1.66. The maximum absolute atomic E-state index is 10.1. The van der Waals surface area contributed by atoms with Gasteiger partial charge in [0.1, 0.15) is 16.0 Å². The highest BCUT2D eigenvalue weighted by Crippen LogP contribution is 2.19. The van der Waals surface area contributed by atoms with E-state index in [1.54, 1.807) is 0 Å². The van der Waals surface area contributed by atoms with Gasteiger partial charge >= 0.3 is 0 Å². The van der Waals surface area contributed by atoms with E-state index in [1.807, 2.05) is 0 Å². The molecule has 0 saturated heterocycles. The Morgan fingerprint density at radius 3 is 2.80 bits per heavy atom. The molecule has 0 spiro atoms. The van der Waals surface area contributed by atoms with Crippen LogP contribution in [0.25, 0.3) is 0 Å². The highest BCUT2D eigenvalue weighted by Gasteiger charge is 1.98. The Kier molecular flexibility index (Phi) is 2.01. The van der Waals surface area contributed by atoms with Gasteiger partial charge in [0.05, 0.1) is 0 Å². The number of aldehydes is 1. The van der Waals surface area contributed by atoms with Crippen LogP contribution in [-0.2, 0) is 0 Å². The fourth-order valence-corrected chi connectivity index (χ4v) is 0.844. The van der Waals surface area contributed by atoms with Crippen molar-refractivity contribution in [3.63, 3.8) is 0 Å². The van der Waals surface area contributed by atoms with Crippen molar-refractivity contribution in [2.75, 3.05) is 0 Å². The van der Waals surface area contributed by atoms with Crippen LogP contribution in [0.5, 0.6) is 5.75 Å². The number of aromatic hydroxyl groups is 1. The van der Waals surface area contributed by atoms with Gasteiger partial charge in [-0.1, -0.05) is 0 Å². The van der Waals surface area contributed by atoms with Crippen LogP contribution >= 0.6 is 15.9 Å². The zero-order chi connectivity index (χ0) is 7.56. The monoisotopic (exact) mass is 201 g/mol. The minimum Gasteiger partial charge on any atom is -0.505 e. The van der Waals surface area contributed by atoms with Crippen molar-refractivity contribution >= 4 is 22.2 Å². The van der Waals surface area contributed by atoms with Gasteiger partial charge in [-0.05, 0) is 28.1 Å². The first-order valence-corrected chi connectivity index (χ1v) is 3.34. The van der Waals surface area contributed by atoms with Crippen LogP contribution in [0.4, 0.5) is 0 Å². The van der Waals surface area contributed by atoms with E-state index < -0.39 is 0 Å². The number of halogens is 1. The summed E-state index contributed by atoms with van der Waals surface area (Å²) < 4.78 is 0.289. The first-order valence-electron chi connectivity index (χ1n) is 2.54. The van der Waals surface area contributed by atoms with Crippen molar-refractivity contribution in [1.82, 2.24) is 4.98 Å². The molecule has 0 aliphatic heterocycles. The first kappa shape index (κ1) is 7.21. The molecule has 0 aliphatic carbocycles. The summed E-state index contributed by atoms with van der Waals surface area (Å²) in [6.45, 7) is 0. The predicted octanol–water partition coefficient (Wildman–Crippen LogP) is 1.36. The van der Waals surface area contributed by atoms with Crippen molar-refractivity contribution in [2.45, 2.75) is 0 Å². The summed E-state index contributed by atoms with van der Waals surface area (Å²) in [5.41, 5.74) is 0.296. The molecule has 0 aliphatic rings. The molecule has 0 atom stereocenters. The molecular weight excluding hydrogens is 198 g/mol. The molecule has 0 fully saturated rings. The second-order valence-corrected chi connectivity index (χ2v) is 2.42. The molecule has 4 heteroatoms. The Labute approximate surface area is 65.8 Å². The predicted molar refractivity (Wildman–Crippen MR) is 39.0 cm³/mol. The second kappa shape index (κ2) is 2.79. The van der Waals surface area contributed by atoms with Crippen molar-refractivity contribution < 1.29 is 9.90 Å². The van der Waals surface area contributed by atoms with Crippen LogP contribution < -0.4 is 0 Å². The molecule has 0 aromatic carbocycles. The molecule has 1 aromatic heterocycles. The fraction of sp³-hybridized carbons (Fsp3) is 0. The zero-order valence-corrected chi connectivity index (χ0v) is 6.50. The number of pyridine rings is 1. The van der Waals surface area contributed by atoms with E-state index in [1.165, 1.54) is 12.1 Å². The van der Waals surface area contributed by atoms with Gasteiger partial charge in [0.15, 0.2) is 6.29 Å². The molecule has 1 heterocycles. The normalized spacial score (nSPS) is 9.30. The highest BCUT2D eigenvalue weighted by molar-refractivity contribution is 9.10. The van der Waals surface area contributed by atoms with E-state index in [0.717, 1.165) is 0 Å². The Bertz CT molecular complexity index is 262. The van der Waals surface area contributed by atoms with Gasteiger partial charge in [0.2, 0.25) is 0 Å². The Morgan fingerprint density at radius 1 is 1.60 bits per heavy atom. The average molecular weight is 202 g/mol. The summed E-state index contributed by atoms with van der Waals surface area (Å²) in [7, 11) is 0. The van der Waals surface area contributed by atoms with E-state index in [4.69, 9.17) is 5.11 Å². The standard InChI is InChI=1S/C6H4BrNO2/c7-6-5(10)2-1-4(3-9)8-6/h1-3,10H. The van der Waals surface area contributed by atoms with Gasteiger partial charge in [0, 0.05) is 0 Å². The van der Waals surface area contributed by atoms with E-state index in [2.05, 4.69) is 20.9 Å². The molecule has 0 saturated carbocycles. The van der Waals surface area contributed by atoms with Gasteiger partial charge in [-0.3, -0.25) is 4.79 Å². The lowest BCUT2D eigenvalue weighted by molar-refractivity contribution is 0.111. The third-order valence-corrected chi connectivity index (χ3v) is 1.55. The van der Waals surface area contributed by atoms with Crippen LogP contribution in [0.2, 0.25) is 0 Å². The smallest absolute Gasteiger partial charge is 0.168 e. The quantitative estimate of drug-likeness (QED) is 0.552. The van der Waals surface area contributed by atoms with Gasteiger partial charge in [0.25, 0.3) is 0 Å². The van der Waals surface area contributed by atoms with Crippen molar-refractivity contribution in [3.05, 3.63) is 22.4 Å². The molecule has 0 unspecified atom stereocenters. The summed E-state index contributed by atoms with van der Waals surface area (Å²) >= 11 is 2.97. The number of carbonyl (C=O) groups excluding carboxylic acids is 1. The SMILES string of the molecule is O=Cc1ccc(O)c(Br)n1. The molecule has 10 heavy (non-hydrogen) atoms. The third kappa shape index (κ3) is 1.33. The lowest BCUT2D eigenvalue weighted by Crippen LogP contribution is -1.85. The zero-order valence-electron chi connectivity index (χ0n) is 4.91. The number of aromatic nitrogens is 1. The van der Waals surface area contributed by atoms with E-state index in [9.17, 15) is 4.79 Å². The maximum atomic E-state index is 10.1. The molecule has 0 bridgehead atoms. The summed E-state index contributed by atoms with van der Waals surface area (Å²) in [4.78, 5) is 13.8. The Hall–Kier alpha value is -0.900. The van der Waals surface area contributed by atoms with Gasteiger partial charge < -0.3 is 5.11 Å². The van der Waals surface area contributed by atoms with Gasteiger partial charge in [-0.25, -0.2) is 4.98 Å². The molecule has 0 radical (unpaired) electrons. The number of carbonyl (C=O) groups is 1. The average Bonchev–Trinajstić information content (AvgIpc) is 1.95. The summed E-state index contributed by atoms with van der Waals surface area (Å²) in [5, 5.41) is 8.91. The molecular formula is C6H4BrNO2. The Balaban J connectivity index is 3.16. The van der Waals surface area contributed by atoms with Gasteiger partial charge in [-0.15, -0.1) is 0 Å². The fourth-order valence-electron chi connectivity index (χ4n) is 0.507.